The number of nitrogens with zero attached hydrogens (tertiary/aromatic N) is 4. The molecule has 4 aliphatic heterocycles. The van der Waals surface area contributed by atoms with Gasteiger partial charge in [0.05, 0.1) is 6.42 Å². The second-order valence-electron chi connectivity index (χ2n) is 14.6. The number of amides is 5. The molecule has 0 bridgehead atoms. The first-order valence-electron chi connectivity index (χ1n) is 18.6. The van der Waals surface area contributed by atoms with E-state index in [2.05, 4.69) is 33.7 Å². The second kappa shape index (κ2) is 16.2. The Bertz CT molecular complexity index is 1490. The van der Waals surface area contributed by atoms with Crippen molar-refractivity contribution in [2.45, 2.75) is 109 Å². The molecule has 3 fully saturated rings. The number of urea groups is 1. The van der Waals surface area contributed by atoms with E-state index < -0.39 is 12.1 Å². The van der Waals surface area contributed by atoms with Gasteiger partial charge in [0.15, 0.2) is 0 Å². The average Bonchev–Trinajstić information content (AvgIpc) is 3.11. The molecular weight excluding hydrogens is 616 g/mol. The molecule has 2 aromatic carbocycles. The first-order chi connectivity index (χ1) is 23.7. The fourth-order valence-corrected chi connectivity index (χ4v) is 8.16. The van der Waals surface area contributed by atoms with E-state index in [1.807, 2.05) is 52.8 Å². The number of hydrogen-bond donors (Lipinski definition) is 2. The molecule has 0 aromatic heterocycles. The van der Waals surface area contributed by atoms with Gasteiger partial charge in [0.1, 0.15) is 6.04 Å². The number of benzene rings is 2. The fourth-order valence-electron chi connectivity index (χ4n) is 8.16. The average molecular weight is 671 g/mol. The number of rotatable bonds is 7. The minimum atomic E-state index is -0.962. The number of nitrogens with one attached hydrogen (secondary N) is 2. The van der Waals surface area contributed by atoms with Crippen LogP contribution in [0.4, 0.5) is 10.5 Å². The molecule has 0 aliphatic carbocycles. The van der Waals surface area contributed by atoms with Crippen LogP contribution in [0.2, 0.25) is 0 Å². The predicted octanol–water partition coefficient (Wildman–Crippen LogP) is 5.02. The van der Waals surface area contributed by atoms with Gasteiger partial charge < -0.3 is 30.2 Å². The van der Waals surface area contributed by atoms with Crippen LogP contribution >= 0.6 is 0 Å². The lowest BCUT2D eigenvalue weighted by Crippen LogP contribution is -2.56. The van der Waals surface area contributed by atoms with Gasteiger partial charge in [0, 0.05) is 56.9 Å². The summed E-state index contributed by atoms with van der Waals surface area (Å²) in [5.74, 6) is -0.149. The van der Waals surface area contributed by atoms with Crippen molar-refractivity contribution >= 4 is 29.4 Å². The van der Waals surface area contributed by atoms with Gasteiger partial charge in [-0.15, -0.1) is 0 Å². The van der Waals surface area contributed by atoms with E-state index in [-0.39, 0.29) is 30.2 Å². The van der Waals surface area contributed by atoms with Crippen LogP contribution in [0.3, 0.4) is 0 Å². The third kappa shape index (κ3) is 8.82. The van der Waals surface area contributed by atoms with Gasteiger partial charge in [-0.25, -0.2) is 4.79 Å². The normalized spacial score (nSPS) is 20.6. The molecule has 264 valence electrons. The standard InChI is InChI=1S/C39H54N6O4/c1-28-13-14-32(25-29(28)2)40-39(49)41-35(38(48)44-23-15-33(16-24-44)42-19-6-3-7-20-42)26-37(47)43-21-17-34(18-22-43)45-27-31-10-5-4-9-30(31)11-8-12-36(45)46/h4-5,9-10,13-14,25,33-35H,3,6-8,11-12,15-24,26-27H2,1-2H3,(H2,40,41,49)/t35-/m0/s1. The largest absolute Gasteiger partial charge is 0.342 e. The van der Waals surface area contributed by atoms with Crippen LogP contribution in [-0.4, -0.2) is 101 Å². The van der Waals surface area contributed by atoms with Crippen molar-refractivity contribution in [2.24, 2.45) is 0 Å². The molecule has 0 radical (unpaired) electrons. The molecule has 4 aliphatic rings. The van der Waals surface area contributed by atoms with Crippen LogP contribution in [0.5, 0.6) is 0 Å². The Labute approximate surface area is 291 Å². The Balaban J connectivity index is 1.08. The number of carbonyl (C=O) groups excluding carboxylic acids is 4. The van der Waals surface area contributed by atoms with Crippen LogP contribution in [0.25, 0.3) is 0 Å². The van der Waals surface area contributed by atoms with Crippen LogP contribution in [0.1, 0.15) is 86.5 Å². The van der Waals surface area contributed by atoms with Gasteiger partial charge >= 0.3 is 6.03 Å². The van der Waals surface area contributed by atoms with E-state index in [9.17, 15) is 19.2 Å². The van der Waals surface area contributed by atoms with E-state index in [1.165, 1.54) is 30.4 Å². The van der Waals surface area contributed by atoms with Gasteiger partial charge in [-0.1, -0.05) is 36.8 Å². The molecule has 2 aromatic rings. The van der Waals surface area contributed by atoms with Crippen molar-refractivity contribution in [3.63, 3.8) is 0 Å². The van der Waals surface area contributed by atoms with Crippen LogP contribution in [-0.2, 0) is 27.3 Å². The highest BCUT2D eigenvalue weighted by Gasteiger charge is 2.36. The van der Waals surface area contributed by atoms with E-state index in [0.29, 0.717) is 63.7 Å². The Morgan fingerprint density at radius 1 is 0.755 bits per heavy atom. The van der Waals surface area contributed by atoms with Gasteiger partial charge in [-0.2, -0.15) is 0 Å². The number of fused-ring (bicyclic) bond motifs is 1. The van der Waals surface area contributed by atoms with Crippen molar-refractivity contribution in [2.75, 3.05) is 44.6 Å². The Morgan fingerprint density at radius 2 is 1.43 bits per heavy atom. The molecule has 3 saturated heterocycles. The topological polar surface area (TPSA) is 105 Å². The molecule has 0 unspecified atom stereocenters. The molecule has 49 heavy (non-hydrogen) atoms. The summed E-state index contributed by atoms with van der Waals surface area (Å²) in [7, 11) is 0. The lowest BCUT2D eigenvalue weighted by atomic mass is 9.95. The Hall–Kier alpha value is -3.92. The lowest BCUT2D eigenvalue weighted by Gasteiger charge is -2.41. The lowest BCUT2D eigenvalue weighted by molar-refractivity contribution is -0.141. The molecule has 10 heteroatoms. The molecule has 4 heterocycles. The zero-order chi connectivity index (χ0) is 34.3. The second-order valence-corrected chi connectivity index (χ2v) is 14.6. The summed E-state index contributed by atoms with van der Waals surface area (Å²) < 4.78 is 0. The van der Waals surface area contributed by atoms with Gasteiger partial charge in [0.25, 0.3) is 0 Å². The number of aryl methyl sites for hydroxylation is 3. The summed E-state index contributed by atoms with van der Waals surface area (Å²) in [5.41, 5.74) is 5.35. The highest BCUT2D eigenvalue weighted by atomic mass is 16.2. The minimum Gasteiger partial charge on any atom is -0.342 e. The highest BCUT2D eigenvalue weighted by Crippen LogP contribution is 2.26. The zero-order valence-corrected chi connectivity index (χ0v) is 29.4. The summed E-state index contributed by atoms with van der Waals surface area (Å²) in [4.78, 5) is 62.5. The minimum absolute atomic E-state index is 0.0724. The number of likely N-dealkylation sites (tertiary alicyclic amines) is 3. The van der Waals surface area contributed by atoms with Crippen molar-refractivity contribution in [1.29, 1.82) is 0 Å². The number of piperidine rings is 3. The molecule has 0 spiro atoms. The van der Waals surface area contributed by atoms with Crippen LogP contribution in [0.15, 0.2) is 42.5 Å². The maximum atomic E-state index is 14.0. The van der Waals surface area contributed by atoms with Crippen LogP contribution in [0, 0.1) is 13.8 Å². The quantitative estimate of drug-likeness (QED) is 0.431. The summed E-state index contributed by atoms with van der Waals surface area (Å²) in [5, 5.41) is 5.75. The van der Waals surface area contributed by atoms with Crippen molar-refractivity contribution in [3.05, 3.63) is 64.7 Å². The molecule has 1 atom stereocenters. The Morgan fingerprint density at radius 3 is 2.14 bits per heavy atom. The number of anilines is 1. The maximum Gasteiger partial charge on any atom is 0.319 e. The van der Waals surface area contributed by atoms with Crippen molar-refractivity contribution in [3.8, 4) is 0 Å². The first-order valence-corrected chi connectivity index (χ1v) is 18.6. The third-order valence-electron chi connectivity index (χ3n) is 11.3. The molecule has 2 N–H and O–H groups in total. The van der Waals surface area contributed by atoms with E-state index in [4.69, 9.17) is 0 Å². The van der Waals surface area contributed by atoms with Crippen molar-refractivity contribution in [1.82, 2.24) is 24.9 Å². The van der Waals surface area contributed by atoms with Gasteiger partial charge in [-0.3, -0.25) is 14.4 Å². The maximum absolute atomic E-state index is 14.0. The summed E-state index contributed by atoms with van der Waals surface area (Å²) in [6.45, 7) is 9.17. The summed E-state index contributed by atoms with van der Waals surface area (Å²) >= 11 is 0. The van der Waals surface area contributed by atoms with E-state index in [0.717, 1.165) is 49.9 Å². The van der Waals surface area contributed by atoms with E-state index >= 15 is 0 Å². The van der Waals surface area contributed by atoms with Gasteiger partial charge in [0.2, 0.25) is 17.7 Å². The molecule has 5 amide bonds. The molecule has 0 saturated carbocycles. The summed E-state index contributed by atoms with van der Waals surface area (Å²) in [6.07, 6.45) is 9.21. The van der Waals surface area contributed by atoms with Crippen molar-refractivity contribution < 1.29 is 19.2 Å². The Kier molecular flexibility index (Phi) is 11.5. The summed E-state index contributed by atoms with van der Waals surface area (Å²) in [6, 6.07) is 13.2. The van der Waals surface area contributed by atoms with E-state index in [1.54, 1.807) is 0 Å². The fraction of sp³-hybridized carbons (Fsp3) is 0.590. The number of carbonyl (C=O) groups is 4. The molecule has 10 nitrogen and oxygen atoms in total. The monoisotopic (exact) mass is 670 g/mol. The third-order valence-corrected chi connectivity index (χ3v) is 11.3. The SMILES string of the molecule is Cc1ccc(NC(=O)N[C@@H](CC(=O)N2CCC(N3Cc4ccccc4CCCC3=O)CC2)C(=O)N2CCC(N3CCCCC3)CC2)cc1C. The van der Waals surface area contributed by atoms with Crippen LogP contribution < -0.4 is 10.6 Å². The molecular formula is C39H54N6O4. The predicted molar refractivity (Wildman–Crippen MR) is 191 cm³/mol. The highest BCUT2D eigenvalue weighted by molar-refractivity contribution is 5.96. The zero-order valence-electron chi connectivity index (χ0n) is 29.4. The van der Waals surface area contributed by atoms with Gasteiger partial charge in [-0.05, 0) is 113 Å². The number of hydrogen-bond acceptors (Lipinski definition) is 5. The smallest absolute Gasteiger partial charge is 0.319 e. The molecule has 6 rings (SSSR count). The first kappa shape index (κ1) is 34.9.